The molecule has 0 spiro atoms. The van der Waals surface area contributed by atoms with Gasteiger partial charge in [-0.05, 0) is 41.8 Å². The summed E-state index contributed by atoms with van der Waals surface area (Å²) in [6.07, 6.45) is 5.23. The maximum Gasteiger partial charge on any atom is 0.116 e. The second-order valence-corrected chi connectivity index (χ2v) is 5.28. The molecule has 110 valence electrons. The molecule has 0 saturated heterocycles. The summed E-state index contributed by atoms with van der Waals surface area (Å²) in [5, 5.41) is 4.92. The molecule has 0 aliphatic rings. The van der Waals surface area contributed by atoms with Gasteiger partial charge >= 0.3 is 0 Å². The van der Waals surface area contributed by atoms with Crippen molar-refractivity contribution in [3.63, 3.8) is 0 Å². The van der Waals surface area contributed by atoms with Gasteiger partial charge in [-0.2, -0.15) is 5.11 Å². The number of rotatable bonds is 5. The number of pyridine rings is 2. The molecule has 1 unspecified atom stereocenters. The SMILES string of the molecule is CCc1ccnc(C(Cc2ccnc3ccccc23)N=N)c1. The molecule has 0 bridgehead atoms. The quantitative estimate of drug-likeness (QED) is 0.703. The predicted molar refractivity (Wildman–Crippen MR) is 87.0 cm³/mol. The fourth-order valence-corrected chi connectivity index (χ4v) is 2.65. The number of hydrogen-bond acceptors (Lipinski definition) is 4. The highest BCUT2D eigenvalue weighted by molar-refractivity contribution is 5.81. The Balaban J connectivity index is 1.96. The molecule has 0 aliphatic carbocycles. The van der Waals surface area contributed by atoms with E-state index in [1.54, 1.807) is 6.20 Å². The van der Waals surface area contributed by atoms with Gasteiger partial charge in [-0.3, -0.25) is 9.97 Å². The highest BCUT2D eigenvalue weighted by Gasteiger charge is 2.15. The van der Waals surface area contributed by atoms with E-state index in [4.69, 9.17) is 5.53 Å². The Labute approximate surface area is 129 Å². The number of aryl methyl sites for hydroxylation is 1. The molecule has 22 heavy (non-hydrogen) atoms. The van der Waals surface area contributed by atoms with E-state index in [1.807, 2.05) is 42.6 Å². The summed E-state index contributed by atoms with van der Waals surface area (Å²) in [6.45, 7) is 2.11. The van der Waals surface area contributed by atoms with Gasteiger partial charge in [0, 0.05) is 24.2 Å². The maximum absolute atomic E-state index is 7.55. The van der Waals surface area contributed by atoms with Gasteiger partial charge in [-0.25, -0.2) is 5.53 Å². The number of para-hydroxylation sites is 1. The van der Waals surface area contributed by atoms with Crippen molar-refractivity contribution in [2.75, 3.05) is 0 Å². The van der Waals surface area contributed by atoms with Gasteiger partial charge in [0.2, 0.25) is 0 Å². The first-order chi connectivity index (χ1) is 10.8. The molecular formula is C18H18N4. The fraction of sp³-hybridized carbons (Fsp3) is 0.222. The Bertz CT molecular complexity index is 792. The van der Waals surface area contributed by atoms with Crippen LogP contribution in [0.2, 0.25) is 0 Å². The average molecular weight is 290 g/mol. The van der Waals surface area contributed by atoms with E-state index in [0.717, 1.165) is 28.6 Å². The monoisotopic (exact) mass is 290 g/mol. The van der Waals surface area contributed by atoms with Crippen molar-refractivity contribution in [1.82, 2.24) is 9.97 Å². The van der Waals surface area contributed by atoms with E-state index in [0.29, 0.717) is 6.42 Å². The first kappa shape index (κ1) is 14.3. The van der Waals surface area contributed by atoms with Crippen molar-refractivity contribution in [2.45, 2.75) is 25.8 Å². The zero-order valence-corrected chi connectivity index (χ0v) is 12.5. The molecule has 0 saturated carbocycles. The van der Waals surface area contributed by atoms with E-state index >= 15 is 0 Å². The molecule has 3 rings (SSSR count). The van der Waals surface area contributed by atoms with Crippen LogP contribution in [0, 0.1) is 5.53 Å². The Kier molecular flexibility index (Phi) is 4.19. The predicted octanol–water partition coefficient (Wildman–Crippen LogP) is 4.51. The molecule has 1 aromatic carbocycles. The van der Waals surface area contributed by atoms with Crippen LogP contribution in [0.25, 0.3) is 10.9 Å². The molecule has 0 aliphatic heterocycles. The van der Waals surface area contributed by atoms with Gasteiger partial charge in [-0.15, -0.1) is 0 Å². The van der Waals surface area contributed by atoms with E-state index in [1.165, 1.54) is 5.56 Å². The van der Waals surface area contributed by atoms with Crippen LogP contribution in [0.3, 0.4) is 0 Å². The van der Waals surface area contributed by atoms with Crippen LogP contribution in [-0.2, 0) is 12.8 Å². The van der Waals surface area contributed by atoms with Crippen LogP contribution >= 0.6 is 0 Å². The molecule has 2 aromatic heterocycles. The summed E-state index contributed by atoms with van der Waals surface area (Å²) in [6, 6.07) is 13.9. The molecule has 0 radical (unpaired) electrons. The molecule has 4 heteroatoms. The molecule has 1 N–H and O–H groups in total. The van der Waals surface area contributed by atoms with Crippen molar-refractivity contribution in [3.05, 3.63) is 71.7 Å². The highest BCUT2D eigenvalue weighted by atomic mass is 15.0. The average Bonchev–Trinajstić information content (AvgIpc) is 2.59. The van der Waals surface area contributed by atoms with Gasteiger partial charge in [0.05, 0.1) is 11.2 Å². The summed E-state index contributed by atoms with van der Waals surface area (Å²) >= 11 is 0. The largest absolute Gasteiger partial charge is 0.259 e. The Hall–Kier alpha value is -2.62. The van der Waals surface area contributed by atoms with Crippen molar-refractivity contribution in [3.8, 4) is 0 Å². The number of aromatic nitrogens is 2. The normalized spacial score (nSPS) is 12.2. The standard InChI is InChI=1S/C18H18N4/c1-2-13-7-9-21-17(11-13)18(22-19)12-14-8-10-20-16-6-4-3-5-15(14)16/h3-11,18-19H,2,12H2,1H3. The van der Waals surface area contributed by atoms with Crippen molar-refractivity contribution >= 4 is 10.9 Å². The molecule has 0 amide bonds. The molecule has 0 fully saturated rings. The molecule has 4 nitrogen and oxygen atoms in total. The zero-order chi connectivity index (χ0) is 15.4. The summed E-state index contributed by atoms with van der Waals surface area (Å²) in [7, 11) is 0. The van der Waals surface area contributed by atoms with Gasteiger partial charge in [0.25, 0.3) is 0 Å². The third-order valence-corrected chi connectivity index (χ3v) is 3.90. The van der Waals surface area contributed by atoms with Crippen LogP contribution < -0.4 is 0 Å². The van der Waals surface area contributed by atoms with Gasteiger partial charge in [0.15, 0.2) is 0 Å². The summed E-state index contributed by atoms with van der Waals surface area (Å²) in [4.78, 5) is 8.79. The molecule has 3 aromatic rings. The lowest BCUT2D eigenvalue weighted by molar-refractivity contribution is 0.644. The smallest absolute Gasteiger partial charge is 0.116 e. The third-order valence-electron chi connectivity index (χ3n) is 3.90. The lowest BCUT2D eigenvalue weighted by atomic mass is 9.99. The number of benzene rings is 1. The van der Waals surface area contributed by atoms with Crippen LogP contribution in [0.5, 0.6) is 0 Å². The summed E-state index contributed by atoms with van der Waals surface area (Å²) < 4.78 is 0. The Morgan fingerprint density at radius 3 is 2.73 bits per heavy atom. The maximum atomic E-state index is 7.55. The van der Waals surface area contributed by atoms with Gasteiger partial charge in [-0.1, -0.05) is 25.1 Å². The lowest BCUT2D eigenvalue weighted by Gasteiger charge is -2.13. The fourth-order valence-electron chi connectivity index (χ4n) is 2.65. The minimum atomic E-state index is -0.252. The molecule has 1 atom stereocenters. The zero-order valence-electron chi connectivity index (χ0n) is 12.5. The van der Waals surface area contributed by atoms with Crippen molar-refractivity contribution in [1.29, 1.82) is 5.53 Å². The van der Waals surface area contributed by atoms with Crippen LogP contribution in [0.15, 0.2) is 60.0 Å². The first-order valence-corrected chi connectivity index (χ1v) is 7.46. The van der Waals surface area contributed by atoms with Gasteiger partial charge in [0.1, 0.15) is 6.04 Å². The van der Waals surface area contributed by atoms with E-state index in [2.05, 4.69) is 28.1 Å². The van der Waals surface area contributed by atoms with Crippen LogP contribution in [0.1, 0.15) is 29.8 Å². The summed E-state index contributed by atoms with van der Waals surface area (Å²) in [5.74, 6) is 0. The van der Waals surface area contributed by atoms with Crippen molar-refractivity contribution in [2.24, 2.45) is 5.11 Å². The topological polar surface area (TPSA) is 62.0 Å². The van der Waals surface area contributed by atoms with Crippen LogP contribution in [0.4, 0.5) is 0 Å². The number of nitrogens with zero attached hydrogens (tertiary/aromatic N) is 3. The molecule has 2 heterocycles. The minimum Gasteiger partial charge on any atom is -0.259 e. The number of fused-ring (bicyclic) bond motifs is 1. The number of nitrogens with one attached hydrogen (secondary N) is 1. The second-order valence-electron chi connectivity index (χ2n) is 5.28. The summed E-state index contributed by atoms with van der Waals surface area (Å²) in [5.41, 5.74) is 11.7. The molecular weight excluding hydrogens is 272 g/mol. The first-order valence-electron chi connectivity index (χ1n) is 7.46. The minimum absolute atomic E-state index is 0.252. The highest BCUT2D eigenvalue weighted by Crippen LogP contribution is 2.25. The Morgan fingerprint density at radius 2 is 1.91 bits per heavy atom. The van der Waals surface area contributed by atoms with Crippen molar-refractivity contribution < 1.29 is 0 Å². The third kappa shape index (κ3) is 2.86. The number of hydrogen-bond donors (Lipinski definition) is 1. The Morgan fingerprint density at radius 1 is 1.09 bits per heavy atom. The van der Waals surface area contributed by atoms with E-state index in [-0.39, 0.29) is 6.04 Å². The van der Waals surface area contributed by atoms with E-state index in [9.17, 15) is 0 Å². The lowest BCUT2D eigenvalue weighted by Crippen LogP contribution is -2.03. The van der Waals surface area contributed by atoms with E-state index < -0.39 is 0 Å². The van der Waals surface area contributed by atoms with Gasteiger partial charge < -0.3 is 0 Å². The second kappa shape index (κ2) is 6.43. The van der Waals surface area contributed by atoms with Crippen LogP contribution in [-0.4, -0.2) is 9.97 Å².